The summed E-state index contributed by atoms with van der Waals surface area (Å²) in [6, 6.07) is -0.0993. The normalized spacial score (nSPS) is 29.8. The van der Waals surface area contributed by atoms with Crippen molar-refractivity contribution < 1.29 is 14.3 Å². The lowest BCUT2D eigenvalue weighted by Gasteiger charge is -2.26. The molecule has 0 unspecified atom stereocenters. The van der Waals surface area contributed by atoms with E-state index in [0.29, 0.717) is 19.8 Å². The van der Waals surface area contributed by atoms with E-state index in [1.54, 1.807) is 6.92 Å². The molecular formula is C8H15NO3. The van der Waals surface area contributed by atoms with E-state index < -0.39 is 0 Å². The van der Waals surface area contributed by atoms with Crippen LogP contribution in [-0.4, -0.2) is 31.8 Å². The Morgan fingerprint density at radius 3 is 3.08 bits per heavy atom. The molecule has 0 spiro atoms. The highest BCUT2D eigenvalue weighted by Gasteiger charge is 2.29. The Bertz CT molecular complexity index is 160. The third-order valence-electron chi connectivity index (χ3n) is 2.00. The molecule has 4 nitrogen and oxygen atoms in total. The van der Waals surface area contributed by atoms with Gasteiger partial charge in [0, 0.05) is 12.6 Å². The summed E-state index contributed by atoms with van der Waals surface area (Å²) in [5.41, 5.74) is 5.73. The smallest absolute Gasteiger partial charge is 0.312 e. The first-order valence-corrected chi connectivity index (χ1v) is 4.25. The predicted octanol–water partition coefficient (Wildman–Crippen LogP) is -0.0867. The van der Waals surface area contributed by atoms with E-state index in [-0.39, 0.29) is 17.9 Å². The van der Waals surface area contributed by atoms with E-state index in [1.165, 1.54) is 0 Å². The molecule has 4 heteroatoms. The number of carbonyl (C=O) groups excluding carboxylic acids is 1. The summed E-state index contributed by atoms with van der Waals surface area (Å²) in [6.07, 6.45) is 0.740. The van der Waals surface area contributed by atoms with Crippen molar-refractivity contribution in [1.29, 1.82) is 0 Å². The number of esters is 1. The third-order valence-corrected chi connectivity index (χ3v) is 2.00. The Hall–Kier alpha value is -0.610. The number of carbonyl (C=O) groups is 1. The van der Waals surface area contributed by atoms with Crippen molar-refractivity contribution in [3.8, 4) is 0 Å². The van der Waals surface area contributed by atoms with Crippen LogP contribution in [0.4, 0.5) is 0 Å². The van der Waals surface area contributed by atoms with E-state index >= 15 is 0 Å². The fourth-order valence-electron chi connectivity index (χ4n) is 1.25. The summed E-state index contributed by atoms with van der Waals surface area (Å²) in [5, 5.41) is 0. The maximum absolute atomic E-state index is 11.2. The minimum Gasteiger partial charge on any atom is -0.466 e. The minimum atomic E-state index is -0.265. The summed E-state index contributed by atoms with van der Waals surface area (Å²) in [4.78, 5) is 11.2. The van der Waals surface area contributed by atoms with Crippen molar-refractivity contribution in [2.45, 2.75) is 19.4 Å². The van der Waals surface area contributed by atoms with Gasteiger partial charge in [0.2, 0.25) is 0 Å². The SMILES string of the molecule is CCOC(=O)[C@H]1COCC[C@H]1N. The number of hydrogen-bond acceptors (Lipinski definition) is 4. The highest BCUT2D eigenvalue weighted by atomic mass is 16.5. The third kappa shape index (κ3) is 2.19. The molecule has 0 aliphatic carbocycles. The zero-order valence-electron chi connectivity index (χ0n) is 7.29. The van der Waals surface area contributed by atoms with E-state index in [2.05, 4.69) is 0 Å². The van der Waals surface area contributed by atoms with Crippen LogP contribution < -0.4 is 5.73 Å². The molecule has 1 saturated heterocycles. The van der Waals surface area contributed by atoms with Crippen LogP contribution in [0, 0.1) is 5.92 Å². The number of nitrogens with two attached hydrogens (primary N) is 1. The molecular weight excluding hydrogens is 158 g/mol. The van der Waals surface area contributed by atoms with Gasteiger partial charge in [-0.3, -0.25) is 4.79 Å². The lowest BCUT2D eigenvalue weighted by molar-refractivity contribution is -0.153. The van der Waals surface area contributed by atoms with Gasteiger partial charge in [-0.1, -0.05) is 0 Å². The molecule has 0 aromatic carbocycles. The van der Waals surface area contributed by atoms with Crippen molar-refractivity contribution >= 4 is 5.97 Å². The molecule has 0 saturated carbocycles. The number of hydrogen-bond donors (Lipinski definition) is 1. The van der Waals surface area contributed by atoms with Crippen molar-refractivity contribution in [3.63, 3.8) is 0 Å². The summed E-state index contributed by atoms with van der Waals surface area (Å²) < 4.78 is 9.99. The lowest BCUT2D eigenvalue weighted by atomic mass is 9.97. The fourth-order valence-corrected chi connectivity index (χ4v) is 1.25. The van der Waals surface area contributed by atoms with Crippen LogP contribution >= 0.6 is 0 Å². The molecule has 1 heterocycles. The molecule has 1 fully saturated rings. The van der Waals surface area contributed by atoms with Gasteiger partial charge >= 0.3 is 5.97 Å². The van der Waals surface area contributed by atoms with Gasteiger partial charge < -0.3 is 15.2 Å². The Kier molecular flexibility index (Phi) is 3.49. The molecule has 0 radical (unpaired) electrons. The average molecular weight is 173 g/mol. The van der Waals surface area contributed by atoms with Crippen LogP contribution in [0.15, 0.2) is 0 Å². The second kappa shape index (κ2) is 4.42. The first-order chi connectivity index (χ1) is 5.75. The van der Waals surface area contributed by atoms with Crippen molar-refractivity contribution in [3.05, 3.63) is 0 Å². The summed E-state index contributed by atoms with van der Waals surface area (Å²) in [7, 11) is 0. The van der Waals surface area contributed by atoms with Crippen LogP contribution in [0.2, 0.25) is 0 Å². The van der Waals surface area contributed by atoms with Gasteiger partial charge in [0.1, 0.15) is 0 Å². The predicted molar refractivity (Wildman–Crippen MR) is 43.5 cm³/mol. The van der Waals surface area contributed by atoms with E-state index in [1.807, 2.05) is 0 Å². The number of rotatable bonds is 2. The van der Waals surface area contributed by atoms with Crippen LogP contribution in [-0.2, 0) is 14.3 Å². The Balaban J connectivity index is 2.42. The zero-order valence-corrected chi connectivity index (χ0v) is 7.29. The molecule has 0 aromatic rings. The topological polar surface area (TPSA) is 61.5 Å². The second-order valence-corrected chi connectivity index (χ2v) is 2.89. The van der Waals surface area contributed by atoms with Crippen molar-refractivity contribution in [2.75, 3.05) is 19.8 Å². The van der Waals surface area contributed by atoms with Crippen LogP contribution in [0.1, 0.15) is 13.3 Å². The Morgan fingerprint density at radius 1 is 1.75 bits per heavy atom. The molecule has 0 amide bonds. The molecule has 1 aliphatic rings. The van der Waals surface area contributed by atoms with Crippen LogP contribution in [0.25, 0.3) is 0 Å². The largest absolute Gasteiger partial charge is 0.466 e. The van der Waals surface area contributed by atoms with Gasteiger partial charge in [-0.2, -0.15) is 0 Å². The molecule has 1 rings (SSSR count). The monoisotopic (exact) mass is 173 g/mol. The van der Waals surface area contributed by atoms with Crippen LogP contribution in [0.3, 0.4) is 0 Å². The number of ether oxygens (including phenoxy) is 2. The molecule has 2 N–H and O–H groups in total. The van der Waals surface area contributed by atoms with Gasteiger partial charge in [0.15, 0.2) is 0 Å². The second-order valence-electron chi connectivity index (χ2n) is 2.89. The molecule has 0 bridgehead atoms. The minimum absolute atomic E-state index is 0.0993. The molecule has 70 valence electrons. The lowest BCUT2D eigenvalue weighted by Crippen LogP contribution is -2.43. The highest BCUT2D eigenvalue weighted by molar-refractivity contribution is 5.73. The van der Waals surface area contributed by atoms with Crippen molar-refractivity contribution in [1.82, 2.24) is 0 Å². The summed E-state index contributed by atoms with van der Waals surface area (Å²) >= 11 is 0. The quantitative estimate of drug-likeness (QED) is 0.593. The molecule has 1 aliphatic heterocycles. The van der Waals surface area contributed by atoms with E-state index in [0.717, 1.165) is 6.42 Å². The molecule has 0 aromatic heterocycles. The van der Waals surface area contributed by atoms with Gasteiger partial charge in [0.05, 0.1) is 19.1 Å². The maximum Gasteiger partial charge on any atom is 0.312 e. The zero-order chi connectivity index (χ0) is 8.97. The van der Waals surface area contributed by atoms with Gasteiger partial charge in [-0.15, -0.1) is 0 Å². The first kappa shape index (κ1) is 9.48. The fraction of sp³-hybridized carbons (Fsp3) is 0.875. The van der Waals surface area contributed by atoms with E-state index in [4.69, 9.17) is 15.2 Å². The average Bonchev–Trinajstić information content (AvgIpc) is 2.05. The van der Waals surface area contributed by atoms with Crippen LogP contribution in [0.5, 0.6) is 0 Å². The Morgan fingerprint density at radius 2 is 2.50 bits per heavy atom. The highest BCUT2D eigenvalue weighted by Crippen LogP contribution is 2.13. The Labute approximate surface area is 72.0 Å². The molecule has 2 atom stereocenters. The van der Waals surface area contributed by atoms with E-state index in [9.17, 15) is 4.79 Å². The first-order valence-electron chi connectivity index (χ1n) is 4.25. The maximum atomic E-state index is 11.2. The van der Waals surface area contributed by atoms with Gasteiger partial charge in [0.25, 0.3) is 0 Å². The summed E-state index contributed by atoms with van der Waals surface area (Å²) in [5.74, 6) is -0.497. The van der Waals surface area contributed by atoms with Gasteiger partial charge in [-0.05, 0) is 13.3 Å². The van der Waals surface area contributed by atoms with Gasteiger partial charge in [-0.25, -0.2) is 0 Å². The summed E-state index contributed by atoms with van der Waals surface area (Å²) in [6.45, 7) is 3.24. The van der Waals surface area contributed by atoms with Crippen molar-refractivity contribution in [2.24, 2.45) is 11.7 Å². The standard InChI is InChI=1S/C8H15NO3/c1-2-12-8(10)6-5-11-4-3-7(6)9/h6-7H,2-5,9H2,1H3/t6-,7+/m0/s1. The molecule has 12 heavy (non-hydrogen) atoms.